The molecule has 0 saturated heterocycles. The number of esters is 1. The summed E-state index contributed by atoms with van der Waals surface area (Å²) in [5, 5.41) is 1.49. The predicted octanol–water partition coefficient (Wildman–Crippen LogP) is 6.99. The van der Waals surface area contributed by atoms with Crippen LogP contribution in [-0.2, 0) is 16.1 Å². The number of halogens is 4. The molecule has 0 saturated carbocycles. The Labute approximate surface area is 259 Å². The molecule has 0 aliphatic carbocycles. The van der Waals surface area contributed by atoms with Crippen LogP contribution in [0.4, 0.5) is 0 Å². The highest BCUT2D eigenvalue weighted by Crippen LogP contribution is 2.35. The maximum atomic E-state index is 14.0. The van der Waals surface area contributed by atoms with Crippen LogP contribution in [0.5, 0.6) is 5.75 Å². The molecule has 4 aromatic rings. The molecule has 0 unspecified atom stereocenters. The average molecular weight is 648 g/mol. The standard InChI is InChI=1S/C30H22Cl4N2O4S/c1-3-23-25(29(38)39-2)26(17-7-5-4-6-8-17)36-28(37)24(41-30(36)35-23)13-18-12-19(31)14-22(34)27(18)40-15-16-9-10-20(32)21(33)11-16/h4-14,26H,3,15H2,1-2H3/b24-13+/t26-/m1/s1. The van der Waals surface area contributed by atoms with Gasteiger partial charge in [0.25, 0.3) is 5.56 Å². The average Bonchev–Trinajstić information content (AvgIpc) is 3.27. The van der Waals surface area contributed by atoms with Gasteiger partial charge in [0.05, 0.1) is 44.0 Å². The Morgan fingerprint density at radius 3 is 2.46 bits per heavy atom. The van der Waals surface area contributed by atoms with Gasteiger partial charge in [-0.2, -0.15) is 0 Å². The van der Waals surface area contributed by atoms with Crippen LogP contribution >= 0.6 is 57.7 Å². The van der Waals surface area contributed by atoms with Crippen LogP contribution in [0.1, 0.15) is 36.1 Å². The molecule has 6 nitrogen and oxygen atoms in total. The van der Waals surface area contributed by atoms with E-state index in [0.717, 1.165) is 11.1 Å². The Morgan fingerprint density at radius 2 is 1.78 bits per heavy atom. The largest absolute Gasteiger partial charge is 0.487 e. The maximum absolute atomic E-state index is 14.0. The van der Waals surface area contributed by atoms with Crippen LogP contribution < -0.4 is 19.6 Å². The van der Waals surface area contributed by atoms with Gasteiger partial charge in [-0.05, 0) is 47.9 Å². The second-order valence-electron chi connectivity index (χ2n) is 9.04. The summed E-state index contributed by atoms with van der Waals surface area (Å²) in [4.78, 5) is 32.1. The van der Waals surface area contributed by atoms with Gasteiger partial charge in [-0.1, -0.05) is 101 Å². The summed E-state index contributed by atoms with van der Waals surface area (Å²) in [7, 11) is 1.32. The van der Waals surface area contributed by atoms with Gasteiger partial charge in [0.2, 0.25) is 0 Å². The topological polar surface area (TPSA) is 69.9 Å². The first-order chi connectivity index (χ1) is 19.7. The van der Waals surface area contributed by atoms with E-state index >= 15 is 0 Å². The van der Waals surface area contributed by atoms with E-state index in [-0.39, 0.29) is 17.2 Å². The van der Waals surface area contributed by atoms with Gasteiger partial charge in [0.1, 0.15) is 12.4 Å². The molecule has 0 spiro atoms. The predicted molar refractivity (Wildman–Crippen MR) is 164 cm³/mol. The number of carbonyl (C=O) groups excluding carboxylic acids is 1. The van der Waals surface area contributed by atoms with E-state index < -0.39 is 12.0 Å². The summed E-state index contributed by atoms with van der Waals surface area (Å²) in [6, 6.07) is 17.0. The van der Waals surface area contributed by atoms with E-state index in [0.29, 0.717) is 53.4 Å². The third-order valence-electron chi connectivity index (χ3n) is 6.46. The van der Waals surface area contributed by atoms with E-state index in [1.165, 1.54) is 23.0 Å². The van der Waals surface area contributed by atoms with Crippen molar-refractivity contribution in [1.82, 2.24) is 4.57 Å². The molecule has 0 N–H and O–H groups in total. The Morgan fingerprint density at radius 1 is 1.02 bits per heavy atom. The Balaban J connectivity index is 1.65. The highest BCUT2D eigenvalue weighted by molar-refractivity contribution is 7.07. The number of hydrogen-bond donors (Lipinski definition) is 0. The molecule has 1 aromatic heterocycles. The molecular weight excluding hydrogens is 626 g/mol. The Hall–Kier alpha value is -3.07. The van der Waals surface area contributed by atoms with Gasteiger partial charge in [-0.3, -0.25) is 9.36 Å². The van der Waals surface area contributed by atoms with Gasteiger partial charge in [0.15, 0.2) is 4.80 Å². The normalized spacial score (nSPS) is 15.0. The van der Waals surface area contributed by atoms with Gasteiger partial charge < -0.3 is 9.47 Å². The molecule has 1 aliphatic heterocycles. The highest BCUT2D eigenvalue weighted by Gasteiger charge is 2.33. The summed E-state index contributed by atoms with van der Waals surface area (Å²) in [6.45, 7) is 2.06. The van der Waals surface area contributed by atoms with Crippen molar-refractivity contribution in [2.45, 2.75) is 26.0 Å². The van der Waals surface area contributed by atoms with Crippen LogP contribution in [0.15, 0.2) is 81.7 Å². The smallest absolute Gasteiger partial charge is 0.338 e. The van der Waals surface area contributed by atoms with Crippen LogP contribution in [0.25, 0.3) is 6.08 Å². The molecule has 0 fully saturated rings. The maximum Gasteiger partial charge on any atom is 0.338 e. The van der Waals surface area contributed by atoms with Gasteiger partial charge in [-0.15, -0.1) is 0 Å². The zero-order valence-electron chi connectivity index (χ0n) is 21.8. The number of rotatable bonds is 7. The Kier molecular flexibility index (Phi) is 8.92. The molecule has 1 aliphatic rings. The van der Waals surface area contributed by atoms with Gasteiger partial charge >= 0.3 is 5.97 Å². The van der Waals surface area contributed by atoms with E-state index in [1.807, 2.05) is 37.3 Å². The number of carbonyl (C=O) groups is 1. The third-order valence-corrected chi connectivity index (χ3v) is 8.68. The molecule has 11 heteroatoms. The molecule has 0 radical (unpaired) electrons. The van der Waals surface area contributed by atoms with Crippen molar-refractivity contribution < 1.29 is 14.3 Å². The quantitative estimate of drug-likeness (QED) is 0.203. The second kappa shape index (κ2) is 12.4. The lowest BCUT2D eigenvalue weighted by Crippen LogP contribution is -2.40. The van der Waals surface area contributed by atoms with E-state index in [4.69, 9.17) is 60.9 Å². The monoisotopic (exact) mass is 646 g/mol. The number of thiazole rings is 1. The van der Waals surface area contributed by atoms with Crippen molar-refractivity contribution in [1.29, 1.82) is 0 Å². The molecule has 5 rings (SSSR count). The SMILES string of the molecule is CCC1=C(C(=O)OC)[C@@H](c2ccccc2)n2c(s/c(=C/c3cc(Cl)cc(Cl)c3OCc3ccc(Cl)c(Cl)c3)c2=O)=N1. The van der Waals surface area contributed by atoms with Crippen LogP contribution in [0, 0.1) is 0 Å². The van der Waals surface area contributed by atoms with Gasteiger partial charge in [-0.25, -0.2) is 9.79 Å². The summed E-state index contributed by atoms with van der Waals surface area (Å²) in [6.07, 6.45) is 2.15. The minimum Gasteiger partial charge on any atom is -0.487 e. The van der Waals surface area contributed by atoms with Crippen molar-refractivity contribution in [3.05, 3.63) is 128 Å². The minimum absolute atomic E-state index is 0.149. The number of methoxy groups -OCH3 is 1. The Bertz CT molecular complexity index is 1870. The third kappa shape index (κ3) is 5.96. The van der Waals surface area contributed by atoms with E-state index in [2.05, 4.69) is 0 Å². The highest BCUT2D eigenvalue weighted by atomic mass is 35.5. The summed E-state index contributed by atoms with van der Waals surface area (Å²) < 4.78 is 13.1. The summed E-state index contributed by atoms with van der Waals surface area (Å²) >= 11 is 26.3. The summed E-state index contributed by atoms with van der Waals surface area (Å²) in [5.74, 6) is -0.189. The van der Waals surface area contributed by atoms with Crippen molar-refractivity contribution in [2.75, 3.05) is 7.11 Å². The molecule has 210 valence electrons. The fourth-order valence-corrected chi connectivity index (χ4v) is 6.48. The van der Waals surface area contributed by atoms with Crippen molar-refractivity contribution in [3.8, 4) is 5.75 Å². The second-order valence-corrected chi connectivity index (χ2v) is 11.7. The minimum atomic E-state index is -0.703. The molecule has 0 amide bonds. The zero-order chi connectivity index (χ0) is 29.3. The fourth-order valence-electron chi connectivity index (χ4n) is 4.58. The van der Waals surface area contributed by atoms with E-state index in [1.54, 1.807) is 36.4 Å². The lowest BCUT2D eigenvalue weighted by Gasteiger charge is -2.25. The number of allylic oxidation sites excluding steroid dienone is 1. The number of fused-ring (bicyclic) bond motifs is 1. The molecule has 2 heterocycles. The zero-order valence-corrected chi connectivity index (χ0v) is 25.6. The summed E-state index contributed by atoms with van der Waals surface area (Å²) in [5.41, 5.74) is 2.61. The fraction of sp³-hybridized carbons (Fsp3) is 0.167. The van der Waals surface area contributed by atoms with Crippen LogP contribution in [0.2, 0.25) is 20.1 Å². The number of benzene rings is 3. The first-order valence-electron chi connectivity index (χ1n) is 12.5. The number of aromatic nitrogens is 1. The molecule has 0 bridgehead atoms. The van der Waals surface area contributed by atoms with Gasteiger partial charge in [0, 0.05) is 10.6 Å². The van der Waals surface area contributed by atoms with Crippen molar-refractivity contribution >= 4 is 69.8 Å². The first kappa shape index (κ1) is 29.4. The lowest BCUT2D eigenvalue weighted by atomic mass is 9.95. The lowest BCUT2D eigenvalue weighted by molar-refractivity contribution is -0.136. The van der Waals surface area contributed by atoms with E-state index in [9.17, 15) is 9.59 Å². The number of ether oxygens (including phenoxy) is 2. The molecule has 1 atom stereocenters. The number of nitrogens with zero attached hydrogens (tertiary/aromatic N) is 2. The molecule has 3 aromatic carbocycles. The van der Waals surface area contributed by atoms with Crippen molar-refractivity contribution in [3.63, 3.8) is 0 Å². The van der Waals surface area contributed by atoms with Crippen molar-refractivity contribution in [2.24, 2.45) is 4.99 Å². The van der Waals surface area contributed by atoms with Crippen LogP contribution in [-0.4, -0.2) is 17.6 Å². The van der Waals surface area contributed by atoms with Crippen LogP contribution in [0.3, 0.4) is 0 Å². The number of hydrogen-bond acceptors (Lipinski definition) is 6. The molecule has 41 heavy (non-hydrogen) atoms. The molecular formula is C30H22Cl4N2O4S. The first-order valence-corrected chi connectivity index (χ1v) is 14.8.